The van der Waals surface area contributed by atoms with Crippen molar-refractivity contribution >= 4 is 16.7 Å². The summed E-state index contributed by atoms with van der Waals surface area (Å²) in [5, 5.41) is 15.2. The molecule has 0 N–H and O–H groups in total. The summed E-state index contributed by atoms with van der Waals surface area (Å²) in [6, 6.07) is 11.7. The van der Waals surface area contributed by atoms with Crippen LogP contribution in [0.1, 0.15) is 5.56 Å². The minimum atomic E-state index is -0.479. The zero-order valence-corrected chi connectivity index (χ0v) is 13.8. The lowest BCUT2D eigenvalue weighted by Crippen LogP contribution is -2.21. The SMILES string of the molecule is O=c1c2cnn(-c3ccc(F)cc3)c2ncn1Cc1ccc([N+](=O)[O-])cc1. The normalized spacial score (nSPS) is 11.0. The molecule has 4 aromatic rings. The fourth-order valence-electron chi connectivity index (χ4n) is 2.75. The minimum Gasteiger partial charge on any atom is -0.294 e. The number of fused-ring (bicyclic) bond motifs is 1. The summed E-state index contributed by atoms with van der Waals surface area (Å²) in [4.78, 5) is 27.3. The summed E-state index contributed by atoms with van der Waals surface area (Å²) in [5.41, 5.74) is 1.39. The Morgan fingerprint density at radius 3 is 2.44 bits per heavy atom. The van der Waals surface area contributed by atoms with Crippen molar-refractivity contribution in [1.29, 1.82) is 0 Å². The lowest BCUT2D eigenvalue weighted by atomic mass is 10.2. The van der Waals surface area contributed by atoms with Crippen molar-refractivity contribution in [2.75, 3.05) is 0 Å². The van der Waals surface area contributed by atoms with E-state index in [0.29, 0.717) is 16.7 Å². The number of aromatic nitrogens is 4. The average Bonchev–Trinajstić information content (AvgIpc) is 3.10. The van der Waals surface area contributed by atoms with Crippen LogP contribution in [0, 0.1) is 15.9 Å². The number of hydrogen-bond donors (Lipinski definition) is 0. The second kappa shape index (κ2) is 6.45. The van der Waals surface area contributed by atoms with E-state index in [1.165, 1.54) is 46.0 Å². The number of rotatable bonds is 4. The molecule has 0 amide bonds. The fourth-order valence-corrected chi connectivity index (χ4v) is 2.75. The van der Waals surface area contributed by atoms with E-state index in [0.717, 1.165) is 5.56 Å². The molecule has 0 aliphatic heterocycles. The van der Waals surface area contributed by atoms with Gasteiger partial charge in [0.05, 0.1) is 23.4 Å². The fraction of sp³-hybridized carbons (Fsp3) is 0.0556. The molecule has 0 fully saturated rings. The van der Waals surface area contributed by atoms with Crippen molar-refractivity contribution in [2.24, 2.45) is 0 Å². The summed E-state index contributed by atoms with van der Waals surface area (Å²) in [6.07, 6.45) is 2.81. The number of nitro benzene ring substituents is 1. The quantitative estimate of drug-likeness (QED) is 0.409. The first-order valence-electron chi connectivity index (χ1n) is 7.95. The molecule has 2 heterocycles. The number of halogens is 1. The Kier molecular flexibility index (Phi) is 3.96. The van der Waals surface area contributed by atoms with Gasteiger partial charge in [0.1, 0.15) is 17.5 Å². The predicted octanol–water partition coefficient (Wildman–Crippen LogP) is 2.68. The van der Waals surface area contributed by atoms with Crippen molar-refractivity contribution in [3.05, 3.63) is 92.9 Å². The van der Waals surface area contributed by atoms with Gasteiger partial charge in [0.15, 0.2) is 5.65 Å². The molecule has 2 aromatic carbocycles. The van der Waals surface area contributed by atoms with Crippen molar-refractivity contribution in [3.63, 3.8) is 0 Å². The van der Waals surface area contributed by atoms with Crippen molar-refractivity contribution < 1.29 is 9.31 Å². The van der Waals surface area contributed by atoms with Gasteiger partial charge in [-0.1, -0.05) is 12.1 Å². The number of nitro groups is 1. The second-order valence-corrected chi connectivity index (χ2v) is 5.87. The second-order valence-electron chi connectivity index (χ2n) is 5.87. The van der Waals surface area contributed by atoms with Gasteiger partial charge in [-0.15, -0.1) is 0 Å². The third-order valence-electron chi connectivity index (χ3n) is 4.13. The van der Waals surface area contributed by atoms with Crippen molar-refractivity contribution in [3.8, 4) is 5.69 Å². The Labute approximate surface area is 151 Å². The first-order valence-corrected chi connectivity index (χ1v) is 7.95. The number of non-ortho nitro benzene ring substituents is 1. The molecule has 0 saturated carbocycles. The largest absolute Gasteiger partial charge is 0.294 e. The first-order chi connectivity index (χ1) is 13.0. The Morgan fingerprint density at radius 1 is 1.07 bits per heavy atom. The van der Waals surface area contributed by atoms with Gasteiger partial charge >= 0.3 is 0 Å². The van der Waals surface area contributed by atoms with E-state index in [1.54, 1.807) is 24.3 Å². The highest BCUT2D eigenvalue weighted by Crippen LogP contribution is 2.15. The van der Waals surface area contributed by atoms with Gasteiger partial charge in [-0.2, -0.15) is 5.10 Å². The summed E-state index contributed by atoms with van der Waals surface area (Å²) in [7, 11) is 0. The Hall–Kier alpha value is -3.88. The van der Waals surface area contributed by atoms with Crippen LogP contribution in [0.15, 0.2) is 65.8 Å². The van der Waals surface area contributed by atoms with E-state index in [2.05, 4.69) is 10.1 Å². The van der Waals surface area contributed by atoms with Crippen LogP contribution in [0.2, 0.25) is 0 Å². The highest BCUT2D eigenvalue weighted by Gasteiger charge is 2.12. The van der Waals surface area contributed by atoms with Crippen LogP contribution in [0.25, 0.3) is 16.7 Å². The van der Waals surface area contributed by atoms with Gasteiger partial charge in [-0.05, 0) is 29.8 Å². The molecule has 2 aromatic heterocycles. The van der Waals surface area contributed by atoms with Gasteiger partial charge in [0.2, 0.25) is 0 Å². The molecule has 134 valence electrons. The summed E-state index contributed by atoms with van der Waals surface area (Å²) in [6.45, 7) is 0.224. The highest BCUT2D eigenvalue weighted by atomic mass is 19.1. The zero-order valence-electron chi connectivity index (χ0n) is 13.8. The maximum absolute atomic E-state index is 13.1. The Balaban J connectivity index is 1.70. The standard InChI is InChI=1S/C18H12FN5O3/c19-13-3-7-14(8-4-13)23-17-16(9-21-23)18(25)22(11-20-17)10-12-1-5-15(6-2-12)24(26)27/h1-9,11H,10H2. The van der Waals surface area contributed by atoms with Crippen LogP contribution in [0.5, 0.6) is 0 Å². The zero-order chi connectivity index (χ0) is 19.0. The summed E-state index contributed by atoms with van der Waals surface area (Å²) >= 11 is 0. The first kappa shape index (κ1) is 16.6. The van der Waals surface area contributed by atoms with E-state index in [9.17, 15) is 19.3 Å². The maximum Gasteiger partial charge on any atom is 0.269 e. The van der Waals surface area contributed by atoms with Gasteiger partial charge in [0.25, 0.3) is 11.2 Å². The third-order valence-corrected chi connectivity index (χ3v) is 4.13. The molecule has 0 aliphatic carbocycles. The average molecular weight is 365 g/mol. The molecule has 9 heteroatoms. The lowest BCUT2D eigenvalue weighted by Gasteiger charge is -2.06. The molecule has 4 rings (SSSR count). The smallest absolute Gasteiger partial charge is 0.269 e. The third kappa shape index (κ3) is 3.06. The van der Waals surface area contributed by atoms with Crippen molar-refractivity contribution in [1.82, 2.24) is 19.3 Å². The molecular weight excluding hydrogens is 353 g/mol. The highest BCUT2D eigenvalue weighted by molar-refractivity contribution is 5.74. The minimum absolute atomic E-state index is 0.0137. The van der Waals surface area contributed by atoms with Crippen LogP contribution >= 0.6 is 0 Å². The van der Waals surface area contributed by atoms with Crippen LogP contribution in [0.3, 0.4) is 0 Å². The number of hydrogen-bond acceptors (Lipinski definition) is 5. The summed E-state index contributed by atoms with van der Waals surface area (Å²) < 4.78 is 16.0. The van der Waals surface area contributed by atoms with E-state index in [-0.39, 0.29) is 23.6 Å². The molecule has 0 radical (unpaired) electrons. The predicted molar refractivity (Wildman–Crippen MR) is 95.3 cm³/mol. The van der Waals surface area contributed by atoms with Gasteiger partial charge in [-0.25, -0.2) is 14.1 Å². The van der Waals surface area contributed by atoms with Gasteiger partial charge < -0.3 is 0 Å². The monoisotopic (exact) mass is 365 g/mol. The number of benzene rings is 2. The molecule has 8 nitrogen and oxygen atoms in total. The molecule has 0 bridgehead atoms. The van der Waals surface area contributed by atoms with Gasteiger partial charge in [-0.3, -0.25) is 19.5 Å². The molecule has 0 aliphatic rings. The molecular formula is C18H12FN5O3. The molecule has 27 heavy (non-hydrogen) atoms. The van der Waals surface area contributed by atoms with Crippen LogP contribution in [-0.2, 0) is 6.54 Å². The summed E-state index contributed by atoms with van der Waals surface area (Å²) in [5.74, 6) is -0.367. The molecule has 0 saturated heterocycles. The van der Waals surface area contributed by atoms with Gasteiger partial charge in [0, 0.05) is 12.1 Å². The van der Waals surface area contributed by atoms with Crippen molar-refractivity contribution in [2.45, 2.75) is 6.54 Å². The van der Waals surface area contributed by atoms with E-state index in [1.807, 2.05) is 0 Å². The topological polar surface area (TPSA) is 95.8 Å². The Morgan fingerprint density at radius 2 is 1.78 bits per heavy atom. The maximum atomic E-state index is 13.1. The van der Waals surface area contributed by atoms with Crippen LogP contribution in [-0.4, -0.2) is 24.3 Å². The molecule has 0 atom stereocenters. The van der Waals surface area contributed by atoms with E-state index < -0.39 is 4.92 Å². The van der Waals surface area contributed by atoms with Crippen LogP contribution < -0.4 is 5.56 Å². The van der Waals surface area contributed by atoms with Crippen LogP contribution in [0.4, 0.5) is 10.1 Å². The lowest BCUT2D eigenvalue weighted by molar-refractivity contribution is -0.384. The van der Waals surface area contributed by atoms with E-state index >= 15 is 0 Å². The van der Waals surface area contributed by atoms with E-state index in [4.69, 9.17) is 0 Å². The Bertz CT molecular complexity index is 1200. The molecule has 0 spiro atoms. The number of nitrogens with zero attached hydrogens (tertiary/aromatic N) is 5. The molecule has 0 unspecified atom stereocenters.